The van der Waals surface area contributed by atoms with E-state index in [0.29, 0.717) is 6.54 Å². The van der Waals surface area contributed by atoms with Gasteiger partial charge in [0.1, 0.15) is 0 Å². The van der Waals surface area contributed by atoms with Crippen LogP contribution in [0.4, 0.5) is 0 Å². The molecule has 1 amide bonds. The van der Waals surface area contributed by atoms with Crippen molar-refractivity contribution in [2.45, 2.75) is 26.4 Å². The van der Waals surface area contributed by atoms with E-state index in [1.807, 2.05) is 26.1 Å². The van der Waals surface area contributed by atoms with Crippen LogP contribution in [0.15, 0.2) is 30.6 Å². The smallest absolute Gasteiger partial charge is 0.243 e. The molecule has 0 aromatic carbocycles. The van der Waals surface area contributed by atoms with Crippen LogP contribution in [-0.4, -0.2) is 21.7 Å². The number of hydrogen-bond donors (Lipinski definition) is 1. The van der Waals surface area contributed by atoms with E-state index >= 15 is 0 Å². The van der Waals surface area contributed by atoms with Gasteiger partial charge < -0.3 is 5.32 Å². The van der Waals surface area contributed by atoms with E-state index in [1.54, 1.807) is 17.0 Å². The van der Waals surface area contributed by atoms with Gasteiger partial charge in [-0.05, 0) is 26.0 Å². The predicted molar refractivity (Wildman–Crippen MR) is 54.6 cm³/mol. The summed E-state index contributed by atoms with van der Waals surface area (Å²) in [7, 11) is 0. The van der Waals surface area contributed by atoms with Crippen LogP contribution in [0.25, 0.3) is 0 Å². The standard InChI is InChI=1S/C10H15N3O/c1-3-5-10(14)12-9(2)8-13-7-4-6-11-13/h3-7,9H,8H2,1-2H3,(H,12,14). The van der Waals surface area contributed by atoms with Gasteiger partial charge in [-0.1, -0.05) is 6.08 Å². The third-order valence-electron chi connectivity index (χ3n) is 1.73. The van der Waals surface area contributed by atoms with Crippen molar-refractivity contribution >= 4 is 5.91 Å². The van der Waals surface area contributed by atoms with Crippen LogP contribution in [0.1, 0.15) is 13.8 Å². The summed E-state index contributed by atoms with van der Waals surface area (Å²) >= 11 is 0. The highest BCUT2D eigenvalue weighted by molar-refractivity contribution is 5.87. The fourth-order valence-corrected chi connectivity index (χ4v) is 1.18. The molecule has 0 saturated carbocycles. The highest BCUT2D eigenvalue weighted by Gasteiger charge is 2.04. The number of amides is 1. The van der Waals surface area contributed by atoms with E-state index in [4.69, 9.17) is 0 Å². The second-order valence-corrected chi connectivity index (χ2v) is 3.14. The van der Waals surface area contributed by atoms with Crippen molar-refractivity contribution < 1.29 is 4.79 Å². The first-order valence-corrected chi connectivity index (χ1v) is 4.63. The fraction of sp³-hybridized carbons (Fsp3) is 0.400. The minimum Gasteiger partial charge on any atom is -0.348 e. The van der Waals surface area contributed by atoms with E-state index in [1.165, 1.54) is 6.08 Å². The predicted octanol–water partition coefficient (Wildman–Crippen LogP) is 0.964. The van der Waals surface area contributed by atoms with Crippen molar-refractivity contribution in [3.8, 4) is 0 Å². The second kappa shape index (κ2) is 5.21. The Kier molecular flexibility index (Phi) is 3.91. The van der Waals surface area contributed by atoms with Gasteiger partial charge in [0.25, 0.3) is 0 Å². The summed E-state index contributed by atoms with van der Waals surface area (Å²) in [6, 6.07) is 1.94. The molecule has 76 valence electrons. The molecule has 1 atom stereocenters. The highest BCUT2D eigenvalue weighted by Crippen LogP contribution is 1.90. The van der Waals surface area contributed by atoms with Gasteiger partial charge in [0.05, 0.1) is 6.54 Å². The van der Waals surface area contributed by atoms with Crippen molar-refractivity contribution in [1.29, 1.82) is 0 Å². The Bertz CT molecular complexity index is 303. The van der Waals surface area contributed by atoms with Crippen LogP contribution in [0.5, 0.6) is 0 Å². The summed E-state index contributed by atoms with van der Waals surface area (Å²) < 4.78 is 1.79. The lowest BCUT2D eigenvalue weighted by Gasteiger charge is -2.12. The van der Waals surface area contributed by atoms with Crippen LogP contribution < -0.4 is 5.32 Å². The number of aromatic nitrogens is 2. The molecule has 1 N–H and O–H groups in total. The molecule has 1 rings (SSSR count). The molecule has 0 bridgehead atoms. The number of nitrogens with zero attached hydrogens (tertiary/aromatic N) is 2. The van der Waals surface area contributed by atoms with Gasteiger partial charge in [0, 0.05) is 18.4 Å². The van der Waals surface area contributed by atoms with Gasteiger partial charge >= 0.3 is 0 Å². The van der Waals surface area contributed by atoms with Crippen molar-refractivity contribution in [2.24, 2.45) is 0 Å². The fourth-order valence-electron chi connectivity index (χ4n) is 1.18. The largest absolute Gasteiger partial charge is 0.348 e. The third-order valence-corrected chi connectivity index (χ3v) is 1.73. The van der Waals surface area contributed by atoms with Crippen molar-refractivity contribution in [2.75, 3.05) is 0 Å². The maximum atomic E-state index is 11.2. The van der Waals surface area contributed by atoms with Crippen molar-refractivity contribution in [3.05, 3.63) is 30.6 Å². The quantitative estimate of drug-likeness (QED) is 0.724. The summed E-state index contributed by atoms with van der Waals surface area (Å²) in [6.45, 7) is 4.46. The summed E-state index contributed by atoms with van der Waals surface area (Å²) in [5.74, 6) is -0.0628. The van der Waals surface area contributed by atoms with Gasteiger partial charge in [-0.25, -0.2) is 0 Å². The first-order chi connectivity index (χ1) is 6.72. The second-order valence-electron chi connectivity index (χ2n) is 3.14. The van der Waals surface area contributed by atoms with Crippen LogP contribution in [-0.2, 0) is 11.3 Å². The zero-order valence-corrected chi connectivity index (χ0v) is 8.47. The Hall–Kier alpha value is -1.58. The zero-order chi connectivity index (χ0) is 10.4. The van der Waals surface area contributed by atoms with E-state index in [2.05, 4.69) is 10.4 Å². The first-order valence-electron chi connectivity index (χ1n) is 4.63. The molecule has 4 heteroatoms. The number of carbonyl (C=O) groups is 1. The molecule has 0 aliphatic carbocycles. The van der Waals surface area contributed by atoms with Gasteiger partial charge in [-0.3, -0.25) is 9.48 Å². The highest BCUT2D eigenvalue weighted by atomic mass is 16.1. The molecule has 0 spiro atoms. The maximum absolute atomic E-state index is 11.2. The summed E-state index contributed by atoms with van der Waals surface area (Å²) in [5.41, 5.74) is 0. The molecule has 1 unspecified atom stereocenters. The average Bonchev–Trinajstić information content (AvgIpc) is 2.56. The molecule has 4 nitrogen and oxygen atoms in total. The van der Waals surface area contributed by atoms with E-state index < -0.39 is 0 Å². The van der Waals surface area contributed by atoms with Crippen molar-refractivity contribution in [3.63, 3.8) is 0 Å². The maximum Gasteiger partial charge on any atom is 0.243 e. The molecule has 0 radical (unpaired) electrons. The molecule has 1 aromatic rings. The van der Waals surface area contributed by atoms with E-state index in [9.17, 15) is 4.79 Å². The van der Waals surface area contributed by atoms with E-state index in [0.717, 1.165) is 0 Å². The third kappa shape index (κ3) is 3.43. The minimum atomic E-state index is -0.0628. The average molecular weight is 193 g/mol. The summed E-state index contributed by atoms with van der Waals surface area (Å²) in [4.78, 5) is 11.2. The molecule has 1 heterocycles. The lowest BCUT2D eigenvalue weighted by molar-refractivity contribution is -0.117. The number of nitrogens with one attached hydrogen (secondary N) is 1. The Morgan fingerprint density at radius 3 is 3.07 bits per heavy atom. The first kappa shape index (κ1) is 10.5. The van der Waals surface area contributed by atoms with Crippen LogP contribution in [0, 0.1) is 0 Å². The number of allylic oxidation sites excluding steroid dienone is 1. The normalized spacial score (nSPS) is 13.0. The molecule has 0 saturated heterocycles. The number of rotatable bonds is 4. The Morgan fingerprint density at radius 2 is 2.50 bits per heavy atom. The minimum absolute atomic E-state index is 0.0628. The molecular formula is C10H15N3O. The molecular weight excluding hydrogens is 178 g/mol. The van der Waals surface area contributed by atoms with Crippen LogP contribution in [0.3, 0.4) is 0 Å². The molecule has 0 fully saturated rings. The van der Waals surface area contributed by atoms with Gasteiger partial charge in [-0.15, -0.1) is 0 Å². The molecule has 0 aliphatic rings. The number of carbonyl (C=O) groups excluding carboxylic acids is 1. The molecule has 0 aliphatic heterocycles. The zero-order valence-electron chi connectivity index (χ0n) is 8.47. The lowest BCUT2D eigenvalue weighted by Crippen LogP contribution is -2.34. The Balaban J connectivity index is 2.36. The van der Waals surface area contributed by atoms with Crippen LogP contribution in [0.2, 0.25) is 0 Å². The van der Waals surface area contributed by atoms with Gasteiger partial charge in [0.2, 0.25) is 5.91 Å². The number of hydrogen-bond acceptors (Lipinski definition) is 2. The molecule has 1 aromatic heterocycles. The summed E-state index contributed by atoms with van der Waals surface area (Å²) in [6.07, 6.45) is 6.83. The van der Waals surface area contributed by atoms with Crippen LogP contribution >= 0.6 is 0 Å². The monoisotopic (exact) mass is 193 g/mol. The van der Waals surface area contributed by atoms with Crippen molar-refractivity contribution in [1.82, 2.24) is 15.1 Å². The Morgan fingerprint density at radius 1 is 1.71 bits per heavy atom. The van der Waals surface area contributed by atoms with Gasteiger partial charge in [0.15, 0.2) is 0 Å². The van der Waals surface area contributed by atoms with E-state index in [-0.39, 0.29) is 11.9 Å². The SMILES string of the molecule is CC=CC(=O)NC(C)Cn1cccn1. The lowest BCUT2D eigenvalue weighted by atomic mass is 10.3. The molecule has 14 heavy (non-hydrogen) atoms. The summed E-state index contributed by atoms with van der Waals surface area (Å²) in [5, 5.41) is 6.89. The topological polar surface area (TPSA) is 46.9 Å². The Labute approximate surface area is 83.6 Å². The van der Waals surface area contributed by atoms with Gasteiger partial charge in [-0.2, -0.15) is 5.10 Å².